The summed E-state index contributed by atoms with van der Waals surface area (Å²) in [4.78, 5) is 95.6. The van der Waals surface area contributed by atoms with E-state index < -0.39 is 46.9 Å². The Kier molecular flexibility index (Phi) is 6.19. The van der Waals surface area contributed by atoms with E-state index in [4.69, 9.17) is 0 Å². The van der Waals surface area contributed by atoms with Gasteiger partial charge in [0.2, 0.25) is 35.4 Å². The fourth-order valence-corrected chi connectivity index (χ4v) is 7.32. The Labute approximate surface area is 226 Å². The number of barbiturate groups is 1. The molecule has 11 heteroatoms. The van der Waals surface area contributed by atoms with E-state index >= 15 is 0 Å². The lowest BCUT2D eigenvalue weighted by molar-refractivity contribution is -0.157. The molecule has 0 N–H and O–H groups in total. The summed E-state index contributed by atoms with van der Waals surface area (Å²) < 4.78 is 0. The zero-order chi connectivity index (χ0) is 28.7. The minimum atomic E-state index is -1.65. The van der Waals surface area contributed by atoms with Crippen molar-refractivity contribution in [3.63, 3.8) is 0 Å². The fourth-order valence-electron chi connectivity index (χ4n) is 7.32. The Balaban J connectivity index is 1.54. The number of carbonyl (C=O) groups excluding carboxylic acids is 7. The molecule has 0 spiro atoms. The molecule has 5 aliphatic rings. The first-order valence-electron chi connectivity index (χ1n) is 13.3. The van der Waals surface area contributed by atoms with Crippen LogP contribution in [0.5, 0.6) is 0 Å². The van der Waals surface area contributed by atoms with Crippen molar-refractivity contribution in [2.24, 2.45) is 29.1 Å². The van der Waals surface area contributed by atoms with Gasteiger partial charge >= 0.3 is 6.03 Å². The van der Waals surface area contributed by atoms with Crippen LogP contribution in [0.4, 0.5) is 4.79 Å². The van der Waals surface area contributed by atoms with E-state index in [0.29, 0.717) is 12.8 Å². The van der Waals surface area contributed by atoms with E-state index in [-0.39, 0.29) is 49.3 Å². The molecule has 0 radical (unpaired) electrons. The van der Waals surface area contributed by atoms with Crippen molar-refractivity contribution in [1.29, 1.82) is 0 Å². The molecule has 8 amide bonds. The molecule has 39 heavy (non-hydrogen) atoms. The molecule has 3 aliphatic heterocycles. The molecule has 0 aromatic heterocycles. The minimum Gasteiger partial charge on any atom is -0.285 e. The maximum absolute atomic E-state index is 13.9. The number of allylic oxidation sites excluding steroid dienone is 4. The highest BCUT2D eigenvalue weighted by Crippen LogP contribution is 2.50. The summed E-state index contributed by atoms with van der Waals surface area (Å²) in [6.07, 6.45) is 1.26. The molecule has 0 aromatic rings. The van der Waals surface area contributed by atoms with Gasteiger partial charge in [-0.3, -0.25) is 48.4 Å². The molecular formula is C28H34N4O7. The van der Waals surface area contributed by atoms with Crippen molar-refractivity contribution in [3.05, 3.63) is 22.3 Å². The van der Waals surface area contributed by atoms with Crippen molar-refractivity contribution in [2.75, 3.05) is 28.2 Å². The van der Waals surface area contributed by atoms with Crippen LogP contribution >= 0.6 is 0 Å². The maximum Gasteiger partial charge on any atom is 0.332 e. The highest BCUT2D eigenvalue weighted by Gasteiger charge is 2.58. The van der Waals surface area contributed by atoms with Gasteiger partial charge in [0.25, 0.3) is 0 Å². The number of nitrogens with zero attached hydrogens (tertiary/aromatic N) is 4. The largest absolute Gasteiger partial charge is 0.332 e. The van der Waals surface area contributed by atoms with Gasteiger partial charge in [-0.05, 0) is 52.4 Å². The van der Waals surface area contributed by atoms with E-state index in [1.807, 2.05) is 13.8 Å². The number of hydrogen-bond acceptors (Lipinski definition) is 7. The SMILES string of the molecule is CC1=C(CC2(CC3=C(C)C[C@@H]4C(=O)N(C)C(=O)[C@@H]4C3)C(=O)N(C)C(=O)N(C)C2=O)C[C@H]2C(=O)N(C)C(=O)[C@H]2C1. The molecule has 0 saturated carbocycles. The number of rotatable bonds is 4. The zero-order valence-corrected chi connectivity index (χ0v) is 23.2. The van der Waals surface area contributed by atoms with Crippen molar-refractivity contribution in [2.45, 2.75) is 52.4 Å². The van der Waals surface area contributed by atoms with Crippen LogP contribution < -0.4 is 0 Å². The lowest BCUT2D eigenvalue weighted by Gasteiger charge is -2.44. The third-order valence-corrected chi connectivity index (χ3v) is 9.79. The zero-order valence-electron chi connectivity index (χ0n) is 23.2. The predicted octanol–water partition coefficient (Wildman–Crippen LogP) is 1.49. The molecule has 2 aliphatic carbocycles. The Morgan fingerprint density at radius 2 is 0.846 bits per heavy atom. The Hall–Kier alpha value is -3.63. The summed E-state index contributed by atoms with van der Waals surface area (Å²) in [6, 6.07) is -0.721. The van der Waals surface area contributed by atoms with Crippen molar-refractivity contribution in [1.82, 2.24) is 19.6 Å². The molecule has 5 rings (SSSR count). The lowest BCUT2D eigenvalue weighted by Crippen LogP contribution is -2.63. The second-order valence-corrected chi connectivity index (χ2v) is 11.9. The third kappa shape index (κ3) is 3.72. The first-order chi connectivity index (χ1) is 18.2. The van der Waals surface area contributed by atoms with Crippen LogP contribution in [0.2, 0.25) is 0 Å². The van der Waals surface area contributed by atoms with Crippen LogP contribution in [0.1, 0.15) is 52.4 Å². The van der Waals surface area contributed by atoms with Crippen LogP contribution in [0.15, 0.2) is 22.3 Å². The normalized spacial score (nSPS) is 31.3. The van der Waals surface area contributed by atoms with Crippen molar-refractivity contribution < 1.29 is 33.6 Å². The van der Waals surface area contributed by atoms with E-state index in [2.05, 4.69) is 0 Å². The summed E-state index contributed by atoms with van der Waals surface area (Å²) in [5.41, 5.74) is 1.61. The molecule has 3 heterocycles. The third-order valence-electron chi connectivity index (χ3n) is 9.79. The Morgan fingerprint density at radius 1 is 0.538 bits per heavy atom. The molecule has 208 valence electrons. The van der Waals surface area contributed by atoms with Gasteiger partial charge in [-0.2, -0.15) is 0 Å². The second kappa shape index (κ2) is 8.96. The summed E-state index contributed by atoms with van der Waals surface area (Å²) in [5, 5.41) is 0. The quantitative estimate of drug-likeness (QED) is 0.301. The van der Waals surface area contributed by atoms with Crippen LogP contribution in [-0.2, 0) is 28.8 Å². The number of carbonyl (C=O) groups is 7. The molecule has 0 bridgehead atoms. The summed E-state index contributed by atoms with van der Waals surface area (Å²) in [7, 11) is 5.64. The summed E-state index contributed by atoms with van der Waals surface area (Å²) in [6.45, 7) is 3.72. The standard InChI is InChI=1S/C28H34N4O7/c1-13-7-17-19(23(35)29(3)21(17)33)9-15(13)11-28(25(37)31(5)27(39)32(6)26(28)38)12-16-10-20-18(8-14(16)2)22(34)30(4)24(20)36/h17-20H,7-12H2,1-6H3/t17-,18-,19+,20+/m0/s1. The molecular weight excluding hydrogens is 504 g/mol. The maximum atomic E-state index is 13.9. The van der Waals surface area contributed by atoms with Gasteiger partial charge in [0.15, 0.2) is 0 Å². The topological polar surface area (TPSA) is 132 Å². The number of imide groups is 4. The van der Waals surface area contributed by atoms with Gasteiger partial charge in [-0.15, -0.1) is 0 Å². The van der Waals surface area contributed by atoms with Crippen LogP contribution in [0.25, 0.3) is 0 Å². The van der Waals surface area contributed by atoms with E-state index in [1.54, 1.807) is 0 Å². The lowest BCUT2D eigenvalue weighted by atomic mass is 9.65. The second-order valence-electron chi connectivity index (χ2n) is 11.9. The number of fused-ring (bicyclic) bond motifs is 2. The average molecular weight is 539 g/mol. The van der Waals surface area contributed by atoms with Gasteiger partial charge < -0.3 is 0 Å². The molecule has 0 unspecified atom stereocenters. The molecule has 11 nitrogen and oxygen atoms in total. The Bertz CT molecular complexity index is 1230. The first-order valence-corrected chi connectivity index (χ1v) is 13.3. The minimum absolute atomic E-state index is 0.00448. The van der Waals surface area contributed by atoms with Gasteiger partial charge in [0, 0.05) is 28.2 Å². The smallest absolute Gasteiger partial charge is 0.285 e. The van der Waals surface area contributed by atoms with Gasteiger partial charge in [-0.1, -0.05) is 22.3 Å². The molecule has 3 saturated heterocycles. The van der Waals surface area contributed by atoms with Gasteiger partial charge in [0.05, 0.1) is 23.7 Å². The van der Waals surface area contributed by atoms with Crippen LogP contribution in [0.3, 0.4) is 0 Å². The van der Waals surface area contributed by atoms with Gasteiger partial charge in [-0.25, -0.2) is 4.79 Å². The molecule has 0 aromatic carbocycles. The monoisotopic (exact) mass is 538 g/mol. The summed E-state index contributed by atoms with van der Waals surface area (Å²) in [5.74, 6) is -4.20. The number of likely N-dealkylation sites (tertiary alicyclic amines) is 2. The van der Waals surface area contributed by atoms with E-state index in [1.165, 1.54) is 28.2 Å². The van der Waals surface area contributed by atoms with E-state index in [9.17, 15) is 33.6 Å². The molecule has 4 atom stereocenters. The van der Waals surface area contributed by atoms with E-state index in [0.717, 1.165) is 41.9 Å². The highest BCUT2D eigenvalue weighted by atomic mass is 16.2. The van der Waals surface area contributed by atoms with Crippen molar-refractivity contribution >= 4 is 41.5 Å². The van der Waals surface area contributed by atoms with Crippen LogP contribution in [0, 0.1) is 29.1 Å². The summed E-state index contributed by atoms with van der Waals surface area (Å²) >= 11 is 0. The van der Waals surface area contributed by atoms with Crippen LogP contribution in [-0.4, -0.2) is 89.3 Å². The number of urea groups is 1. The average Bonchev–Trinajstić information content (AvgIpc) is 3.24. The number of hydrogen-bond donors (Lipinski definition) is 0. The predicted molar refractivity (Wildman–Crippen MR) is 136 cm³/mol. The molecule has 3 fully saturated rings. The Morgan fingerprint density at radius 3 is 1.18 bits per heavy atom. The van der Waals surface area contributed by atoms with Crippen molar-refractivity contribution in [3.8, 4) is 0 Å². The van der Waals surface area contributed by atoms with Gasteiger partial charge in [0.1, 0.15) is 5.41 Å². The highest BCUT2D eigenvalue weighted by molar-refractivity contribution is 6.19. The fraction of sp³-hybridized carbons (Fsp3) is 0.607. The first kappa shape index (κ1) is 27.0. The number of amides is 8.